The number of hydrogen-bond acceptors (Lipinski definition) is 8. The largest absolute Gasteiger partial charge is 0.508 e. The molecule has 0 bridgehead atoms. The molecule has 4 rings (SSSR count). The summed E-state index contributed by atoms with van der Waals surface area (Å²) in [5.74, 6) is -1.25. The van der Waals surface area contributed by atoms with Gasteiger partial charge in [-0.2, -0.15) is 0 Å². The maximum absolute atomic E-state index is 13.6. The van der Waals surface area contributed by atoms with Gasteiger partial charge in [0.05, 0.1) is 5.56 Å². The molecule has 2 amide bonds. The van der Waals surface area contributed by atoms with Gasteiger partial charge in [-0.15, -0.1) is 0 Å². The molecule has 1 aliphatic rings. The first-order valence-electron chi connectivity index (χ1n) is 13.6. The standard InChI is InChI=1S/C32H34N2O8/c1-32(2,3)42-31(39)34-19-9-14-26(27(29(34)40-20-35)33-28(37)22-15-17-23(36)18-16-22)41-30(38)25-13-8-7-12-24(25)21-10-5-4-6-11-21/h4-8,10-13,15-18,20,26-27,29,36H,9,14,19H2,1-3H3,(H,33,37)/t26-,27-,29?/m1/s1. The third-order valence-corrected chi connectivity index (χ3v) is 6.64. The maximum Gasteiger partial charge on any atom is 0.413 e. The number of rotatable bonds is 7. The summed E-state index contributed by atoms with van der Waals surface area (Å²) in [6, 6.07) is 20.8. The van der Waals surface area contributed by atoms with Crippen LogP contribution in [0.3, 0.4) is 0 Å². The van der Waals surface area contributed by atoms with E-state index < -0.39 is 41.9 Å². The molecule has 3 aromatic rings. The number of likely N-dealkylation sites (tertiary alicyclic amines) is 1. The van der Waals surface area contributed by atoms with Crippen LogP contribution in [-0.4, -0.2) is 65.0 Å². The Bertz CT molecular complexity index is 1400. The molecule has 1 saturated heterocycles. The number of ether oxygens (including phenoxy) is 3. The summed E-state index contributed by atoms with van der Waals surface area (Å²) in [5.41, 5.74) is 1.16. The molecule has 2 N–H and O–H groups in total. The molecule has 10 heteroatoms. The molecule has 0 radical (unpaired) electrons. The third kappa shape index (κ3) is 7.45. The summed E-state index contributed by atoms with van der Waals surface area (Å²) in [7, 11) is 0. The van der Waals surface area contributed by atoms with Crippen molar-refractivity contribution < 1.29 is 38.5 Å². The highest BCUT2D eigenvalue weighted by molar-refractivity contribution is 5.97. The highest BCUT2D eigenvalue weighted by atomic mass is 16.6. The number of carbonyl (C=O) groups excluding carboxylic acids is 4. The van der Waals surface area contributed by atoms with Crippen LogP contribution < -0.4 is 5.32 Å². The molecule has 220 valence electrons. The van der Waals surface area contributed by atoms with Gasteiger partial charge in [0, 0.05) is 12.1 Å². The summed E-state index contributed by atoms with van der Waals surface area (Å²) < 4.78 is 17.0. The Morgan fingerprint density at radius 2 is 1.62 bits per heavy atom. The lowest BCUT2D eigenvalue weighted by Crippen LogP contribution is -2.59. The van der Waals surface area contributed by atoms with E-state index in [1.807, 2.05) is 42.5 Å². The van der Waals surface area contributed by atoms with E-state index in [1.165, 1.54) is 29.2 Å². The molecule has 1 fully saturated rings. The van der Waals surface area contributed by atoms with Crippen LogP contribution in [0.2, 0.25) is 0 Å². The van der Waals surface area contributed by atoms with Crippen LogP contribution in [0.5, 0.6) is 5.75 Å². The molecule has 1 aliphatic heterocycles. The van der Waals surface area contributed by atoms with Gasteiger partial charge >= 0.3 is 12.1 Å². The highest BCUT2D eigenvalue weighted by Gasteiger charge is 2.44. The Labute approximate surface area is 244 Å². The number of carbonyl (C=O) groups is 4. The molecule has 1 unspecified atom stereocenters. The molecule has 0 saturated carbocycles. The first-order valence-corrected chi connectivity index (χ1v) is 13.6. The fourth-order valence-electron chi connectivity index (χ4n) is 4.75. The van der Waals surface area contributed by atoms with E-state index in [0.717, 1.165) is 5.56 Å². The SMILES string of the molecule is CC(C)(C)OC(=O)N1CCC[C@@H](OC(=O)c2ccccc2-c2ccccc2)[C@@H](NC(=O)c2ccc(O)cc2)C1OC=O. The van der Waals surface area contributed by atoms with E-state index in [1.54, 1.807) is 32.9 Å². The van der Waals surface area contributed by atoms with Gasteiger partial charge in [-0.05, 0) is 75.1 Å². The van der Waals surface area contributed by atoms with E-state index in [4.69, 9.17) is 14.2 Å². The molecular formula is C32H34N2O8. The minimum Gasteiger partial charge on any atom is -0.508 e. The average molecular weight is 575 g/mol. The van der Waals surface area contributed by atoms with E-state index in [-0.39, 0.29) is 30.8 Å². The molecule has 0 aromatic heterocycles. The quantitative estimate of drug-likeness (QED) is 0.231. The van der Waals surface area contributed by atoms with Crippen LogP contribution in [-0.2, 0) is 19.0 Å². The number of esters is 1. The topological polar surface area (TPSA) is 131 Å². The zero-order valence-electron chi connectivity index (χ0n) is 23.7. The second kappa shape index (κ2) is 13.2. The number of amides is 2. The minimum atomic E-state index is -1.34. The van der Waals surface area contributed by atoms with Crippen molar-refractivity contribution in [3.05, 3.63) is 90.0 Å². The molecule has 0 spiro atoms. The number of benzene rings is 3. The summed E-state index contributed by atoms with van der Waals surface area (Å²) in [6.07, 6.45) is -2.47. The Morgan fingerprint density at radius 1 is 0.952 bits per heavy atom. The summed E-state index contributed by atoms with van der Waals surface area (Å²) in [6.45, 7) is 5.41. The van der Waals surface area contributed by atoms with Gasteiger partial charge in [0.1, 0.15) is 23.5 Å². The first kappa shape index (κ1) is 30.1. The number of nitrogens with one attached hydrogen (secondary N) is 1. The Morgan fingerprint density at radius 3 is 2.29 bits per heavy atom. The predicted molar refractivity (Wildman–Crippen MR) is 154 cm³/mol. The Balaban J connectivity index is 1.69. The maximum atomic E-state index is 13.6. The molecule has 3 atom stereocenters. The molecule has 0 aliphatic carbocycles. The summed E-state index contributed by atoms with van der Waals surface area (Å²) in [4.78, 5) is 53.1. The number of phenols is 1. The van der Waals surface area contributed by atoms with Gasteiger partial charge in [-0.1, -0.05) is 48.5 Å². The minimum absolute atomic E-state index is 0.0248. The van der Waals surface area contributed by atoms with Crippen molar-refractivity contribution in [1.29, 1.82) is 0 Å². The highest BCUT2D eigenvalue weighted by Crippen LogP contribution is 2.28. The van der Waals surface area contributed by atoms with Crippen LogP contribution >= 0.6 is 0 Å². The van der Waals surface area contributed by atoms with E-state index >= 15 is 0 Å². The van der Waals surface area contributed by atoms with E-state index in [9.17, 15) is 24.3 Å². The first-order chi connectivity index (χ1) is 20.1. The lowest BCUT2D eigenvalue weighted by Gasteiger charge is -2.36. The van der Waals surface area contributed by atoms with Crippen molar-refractivity contribution in [2.45, 2.75) is 57.6 Å². The van der Waals surface area contributed by atoms with Crippen LogP contribution in [0, 0.1) is 0 Å². The van der Waals surface area contributed by atoms with Crippen molar-refractivity contribution >= 4 is 24.4 Å². The summed E-state index contributed by atoms with van der Waals surface area (Å²) >= 11 is 0. The molecule has 10 nitrogen and oxygen atoms in total. The third-order valence-electron chi connectivity index (χ3n) is 6.64. The van der Waals surface area contributed by atoms with Crippen molar-refractivity contribution in [2.75, 3.05) is 6.54 Å². The van der Waals surface area contributed by atoms with Gasteiger partial charge in [0.15, 0.2) is 0 Å². The number of aromatic hydroxyl groups is 1. The molecule has 3 aromatic carbocycles. The second-order valence-corrected chi connectivity index (χ2v) is 10.8. The zero-order chi connectivity index (χ0) is 30.3. The normalized spacial score (nSPS) is 18.7. The predicted octanol–water partition coefficient (Wildman–Crippen LogP) is 4.91. The van der Waals surface area contributed by atoms with Crippen molar-refractivity contribution in [1.82, 2.24) is 10.2 Å². The van der Waals surface area contributed by atoms with Gasteiger partial charge in [-0.25, -0.2) is 9.59 Å². The summed E-state index contributed by atoms with van der Waals surface area (Å²) in [5, 5.41) is 12.4. The van der Waals surface area contributed by atoms with Crippen LogP contribution in [0.1, 0.15) is 54.3 Å². The second-order valence-electron chi connectivity index (χ2n) is 10.8. The van der Waals surface area contributed by atoms with Crippen molar-refractivity contribution in [2.24, 2.45) is 0 Å². The van der Waals surface area contributed by atoms with Gasteiger partial charge in [0.2, 0.25) is 6.23 Å². The molecular weight excluding hydrogens is 540 g/mol. The Hall–Kier alpha value is -4.86. The number of nitrogens with zero attached hydrogens (tertiary/aromatic N) is 1. The monoisotopic (exact) mass is 574 g/mol. The van der Waals surface area contributed by atoms with E-state index in [0.29, 0.717) is 17.5 Å². The fraction of sp³-hybridized carbons (Fsp3) is 0.312. The average Bonchev–Trinajstić information content (AvgIpc) is 3.12. The van der Waals surface area contributed by atoms with Crippen molar-refractivity contribution in [3.63, 3.8) is 0 Å². The van der Waals surface area contributed by atoms with E-state index in [2.05, 4.69) is 5.32 Å². The molecule has 42 heavy (non-hydrogen) atoms. The van der Waals surface area contributed by atoms with Gasteiger partial charge in [0.25, 0.3) is 12.4 Å². The van der Waals surface area contributed by atoms with Crippen molar-refractivity contribution in [3.8, 4) is 16.9 Å². The fourth-order valence-corrected chi connectivity index (χ4v) is 4.75. The van der Waals surface area contributed by atoms with Gasteiger partial charge < -0.3 is 24.6 Å². The van der Waals surface area contributed by atoms with Crippen LogP contribution in [0.25, 0.3) is 11.1 Å². The molecule has 1 heterocycles. The van der Waals surface area contributed by atoms with Gasteiger partial charge in [-0.3, -0.25) is 14.5 Å². The Kier molecular flexibility index (Phi) is 9.46. The lowest BCUT2D eigenvalue weighted by atomic mass is 9.99. The van der Waals surface area contributed by atoms with Crippen LogP contribution in [0.15, 0.2) is 78.9 Å². The number of hydrogen-bond donors (Lipinski definition) is 2. The van der Waals surface area contributed by atoms with Crippen LogP contribution in [0.4, 0.5) is 4.79 Å². The zero-order valence-corrected chi connectivity index (χ0v) is 23.7. The lowest BCUT2D eigenvalue weighted by molar-refractivity contribution is -0.147. The smallest absolute Gasteiger partial charge is 0.413 e. The number of phenolic OH excluding ortho intramolecular Hbond substituents is 1.